The number of carbonyl (C=O) groups is 1. The third kappa shape index (κ3) is 4.09. The van der Waals surface area contributed by atoms with Gasteiger partial charge in [-0.25, -0.2) is 4.98 Å². The van der Waals surface area contributed by atoms with Crippen molar-refractivity contribution in [2.75, 3.05) is 29.9 Å². The number of thioether (sulfide) groups is 1. The van der Waals surface area contributed by atoms with Crippen LogP contribution in [0.1, 0.15) is 6.92 Å². The van der Waals surface area contributed by atoms with E-state index in [0.29, 0.717) is 5.82 Å². The number of amides is 1. The number of aromatic nitrogens is 2. The zero-order valence-corrected chi connectivity index (χ0v) is 13.9. The van der Waals surface area contributed by atoms with Gasteiger partial charge in [0, 0.05) is 42.6 Å². The Labute approximate surface area is 140 Å². The molecule has 3 rings (SSSR count). The van der Waals surface area contributed by atoms with Gasteiger partial charge in [-0.3, -0.25) is 14.7 Å². The number of anilines is 1. The summed E-state index contributed by atoms with van der Waals surface area (Å²) in [5, 5.41) is 2.90. The lowest BCUT2D eigenvalue weighted by Gasteiger charge is -2.30. The molecule has 120 valence electrons. The van der Waals surface area contributed by atoms with Crippen LogP contribution >= 0.6 is 11.8 Å². The van der Waals surface area contributed by atoms with E-state index in [1.54, 1.807) is 12.4 Å². The van der Waals surface area contributed by atoms with Gasteiger partial charge in [-0.05, 0) is 31.2 Å². The Bertz CT molecular complexity index is 641. The lowest BCUT2D eigenvalue weighted by atomic mass is 10.2. The molecule has 23 heavy (non-hydrogen) atoms. The smallest absolute Gasteiger partial charge is 0.242 e. The van der Waals surface area contributed by atoms with E-state index in [9.17, 15) is 4.79 Å². The first-order chi connectivity index (χ1) is 11.2. The third-order valence-electron chi connectivity index (χ3n) is 3.95. The topological polar surface area (TPSA) is 58.1 Å². The van der Waals surface area contributed by atoms with Crippen LogP contribution in [0, 0.1) is 0 Å². The fourth-order valence-electron chi connectivity index (χ4n) is 2.51. The Morgan fingerprint density at radius 2 is 2.04 bits per heavy atom. The highest BCUT2D eigenvalue weighted by Gasteiger charge is 2.23. The molecular weight excluding hydrogens is 308 g/mol. The molecule has 0 bridgehead atoms. The quantitative estimate of drug-likeness (QED) is 0.934. The van der Waals surface area contributed by atoms with Crippen molar-refractivity contribution in [3.63, 3.8) is 0 Å². The summed E-state index contributed by atoms with van der Waals surface area (Å²) >= 11 is 1.94. The fourth-order valence-corrected chi connectivity index (χ4v) is 3.45. The molecule has 0 radical (unpaired) electrons. The van der Waals surface area contributed by atoms with Crippen LogP contribution in [0.4, 0.5) is 5.82 Å². The van der Waals surface area contributed by atoms with Gasteiger partial charge in [0.2, 0.25) is 5.91 Å². The van der Waals surface area contributed by atoms with E-state index in [1.807, 2.05) is 49.0 Å². The molecule has 1 atom stereocenters. The normalized spacial score (nSPS) is 16.7. The molecule has 1 amide bonds. The van der Waals surface area contributed by atoms with Crippen molar-refractivity contribution in [3.8, 4) is 11.3 Å². The molecule has 1 aliphatic heterocycles. The maximum Gasteiger partial charge on any atom is 0.242 e. The van der Waals surface area contributed by atoms with Crippen LogP contribution in [-0.4, -0.2) is 51.4 Å². The first-order valence-corrected chi connectivity index (χ1v) is 8.89. The monoisotopic (exact) mass is 328 g/mol. The number of nitrogens with one attached hydrogen (secondary N) is 1. The first kappa shape index (κ1) is 16.0. The van der Waals surface area contributed by atoms with Crippen LogP contribution < -0.4 is 5.32 Å². The van der Waals surface area contributed by atoms with Gasteiger partial charge in [-0.1, -0.05) is 6.07 Å². The van der Waals surface area contributed by atoms with Crippen molar-refractivity contribution in [3.05, 3.63) is 42.7 Å². The molecule has 0 spiro atoms. The second-order valence-electron chi connectivity index (χ2n) is 5.46. The summed E-state index contributed by atoms with van der Waals surface area (Å²) in [7, 11) is 0. The molecule has 0 saturated carbocycles. The van der Waals surface area contributed by atoms with Crippen LogP contribution in [0.25, 0.3) is 11.3 Å². The largest absolute Gasteiger partial charge is 0.309 e. The predicted molar refractivity (Wildman–Crippen MR) is 94.5 cm³/mol. The van der Waals surface area contributed by atoms with Crippen LogP contribution in [0.5, 0.6) is 0 Å². The van der Waals surface area contributed by atoms with Crippen LogP contribution in [0.15, 0.2) is 42.7 Å². The maximum atomic E-state index is 12.4. The maximum absolute atomic E-state index is 12.4. The average Bonchev–Trinajstić information content (AvgIpc) is 2.63. The summed E-state index contributed by atoms with van der Waals surface area (Å²) in [6, 6.07) is 9.37. The molecule has 6 heteroatoms. The summed E-state index contributed by atoms with van der Waals surface area (Å²) in [6.45, 7) is 3.88. The molecule has 1 N–H and O–H groups in total. The van der Waals surface area contributed by atoms with E-state index in [1.165, 1.54) is 0 Å². The number of hydrogen-bond donors (Lipinski definition) is 1. The minimum atomic E-state index is -0.131. The molecule has 5 nitrogen and oxygen atoms in total. The minimum Gasteiger partial charge on any atom is -0.309 e. The summed E-state index contributed by atoms with van der Waals surface area (Å²) in [5.41, 5.74) is 1.81. The number of pyridine rings is 2. The fraction of sp³-hybridized carbons (Fsp3) is 0.353. The van der Waals surface area contributed by atoms with Gasteiger partial charge in [0.05, 0.1) is 11.7 Å². The zero-order valence-electron chi connectivity index (χ0n) is 13.1. The SMILES string of the molecule is CC(C(=O)Nc1ccc(-c2ccccn2)cn1)N1CCSCC1. The molecule has 1 saturated heterocycles. The van der Waals surface area contributed by atoms with Crippen molar-refractivity contribution in [1.29, 1.82) is 0 Å². The van der Waals surface area contributed by atoms with E-state index >= 15 is 0 Å². The molecule has 0 aromatic carbocycles. The Balaban J connectivity index is 1.62. The van der Waals surface area contributed by atoms with Gasteiger partial charge >= 0.3 is 0 Å². The molecule has 1 aliphatic rings. The molecule has 2 aromatic rings. The lowest BCUT2D eigenvalue weighted by molar-refractivity contribution is -0.120. The lowest BCUT2D eigenvalue weighted by Crippen LogP contribution is -2.46. The highest BCUT2D eigenvalue weighted by molar-refractivity contribution is 7.99. The number of carbonyl (C=O) groups excluding carboxylic acids is 1. The van der Waals surface area contributed by atoms with Crippen molar-refractivity contribution >= 4 is 23.5 Å². The summed E-state index contributed by atoms with van der Waals surface area (Å²) in [6.07, 6.45) is 3.49. The Kier molecular flexibility index (Phi) is 5.25. The van der Waals surface area contributed by atoms with E-state index in [0.717, 1.165) is 35.9 Å². The number of nitrogens with zero attached hydrogens (tertiary/aromatic N) is 3. The van der Waals surface area contributed by atoms with Gasteiger partial charge in [0.25, 0.3) is 0 Å². The zero-order chi connectivity index (χ0) is 16.1. The Morgan fingerprint density at radius 1 is 1.22 bits per heavy atom. The van der Waals surface area contributed by atoms with E-state index in [-0.39, 0.29) is 11.9 Å². The molecule has 0 aliphatic carbocycles. The Morgan fingerprint density at radius 3 is 2.70 bits per heavy atom. The van der Waals surface area contributed by atoms with E-state index in [4.69, 9.17) is 0 Å². The minimum absolute atomic E-state index is 0.00464. The highest BCUT2D eigenvalue weighted by Crippen LogP contribution is 2.17. The second-order valence-corrected chi connectivity index (χ2v) is 6.69. The van der Waals surface area contributed by atoms with Gasteiger partial charge in [-0.2, -0.15) is 11.8 Å². The Hall–Kier alpha value is -1.92. The molecule has 1 unspecified atom stereocenters. The van der Waals surface area contributed by atoms with E-state index in [2.05, 4.69) is 20.2 Å². The third-order valence-corrected chi connectivity index (χ3v) is 4.89. The van der Waals surface area contributed by atoms with Gasteiger partial charge in [0.1, 0.15) is 5.82 Å². The molecule has 1 fully saturated rings. The van der Waals surface area contributed by atoms with Crippen LogP contribution in [-0.2, 0) is 4.79 Å². The van der Waals surface area contributed by atoms with Crippen molar-refractivity contribution in [2.45, 2.75) is 13.0 Å². The van der Waals surface area contributed by atoms with Crippen molar-refractivity contribution in [2.24, 2.45) is 0 Å². The van der Waals surface area contributed by atoms with Crippen LogP contribution in [0.2, 0.25) is 0 Å². The molecular formula is C17H20N4OS. The van der Waals surface area contributed by atoms with E-state index < -0.39 is 0 Å². The number of hydrogen-bond acceptors (Lipinski definition) is 5. The van der Waals surface area contributed by atoms with Gasteiger partial charge in [-0.15, -0.1) is 0 Å². The summed E-state index contributed by atoms with van der Waals surface area (Å²) < 4.78 is 0. The van der Waals surface area contributed by atoms with Gasteiger partial charge < -0.3 is 5.32 Å². The summed E-state index contributed by atoms with van der Waals surface area (Å²) in [5.74, 6) is 2.76. The predicted octanol–water partition coefficient (Wildman–Crippen LogP) is 2.52. The first-order valence-electron chi connectivity index (χ1n) is 7.74. The number of rotatable bonds is 4. The molecule has 2 aromatic heterocycles. The molecule has 3 heterocycles. The summed E-state index contributed by atoms with van der Waals surface area (Å²) in [4.78, 5) is 23.2. The van der Waals surface area contributed by atoms with Crippen molar-refractivity contribution in [1.82, 2.24) is 14.9 Å². The van der Waals surface area contributed by atoms with Crippen LogP contribution in [0.3, 0.4) is 0 Å². The van der Waals surface area contributed by atoms with Gasteiger partial charge in [0.15, 0.2) is 0 Å². The average molecular weight is 328 g/mol. The second kappa shape index (κ2) is 7.57. The standard InChI is InChI=1S/C17H20N4OS/c1-13(21-8-10-23-11-9-21)17(22)20-16-6-5-14(12-19-16)15-4-2-3-7-18-15/h2-7,12-13H,8-11H2,1H3,(H,19,20,22). The van der Waals surface area contributed by atoms with Crippen molar-refractivity contribution < 1.29 is 4.79 Å². The highest BCUT2D eigenvalue weighted by atomic mass is 32.2.